The summed E-state index contributed by atoms with van der Waals surface area (Å²) in [5.74, 6) is -5.81. The van der Waals surface area contributed by atoms with Gasteiger partial charge < -0.3 is 15.1 Å². The van der Waals surface area contributed by atoms with Crippen LogP contribution in [0, 0.1) is 23.3 Å². The number of carbonyl (C=O) groups is 2. The molecule has 2 N–H and O–H groups in total. The third kappa shape index (κ3) is 6.28. The van der Waals surface area contributed by atoms with E-state index in [-0.39, 0.29) is 25.5 Å². The molecular formula is C20H22F4N3O2+. The van der Waals surface area contributed by atoms with E-state index in [1.54, 1.807) is 26.1 Å². The molecule has 0 saturated carbocycles. The molecule has 0 fully saturated rings. The van der Waals surface area contributed by atoms with Crippen LogP contribution in [0.3, 0.4) is 0 Å². The summed E-state index contributed by atoms with van der Waals surface area (Å²) >= 11 is 0. The molecule has 0 radical (unpaired) electrons. The molecule has 2 amide bonds. The first-order valence-electron chi connectivity index (χ1n) is 8.98. The van der Waals surface area contributed by atoms with Gasteiger partial charge in [0, 0.05) is 13.1 Å². The van der Waals surface area contributed by atoms with Crippen molar-refractivity contribution in [3.05, 3.63) is 65.2 Å². The maximum atomic E-state index is 13.6. The largest absolute Gasteiger partial charge is 0.334 e. The third-order valence-corrected chi connectivity index (χ3v) is 4.22. The number of nitrogens with zero attached hydrogens (tertiary/aromatic N) is 1. The zero-order valence-electron chi connectivity index (χ0n) is 16.1. The Bertz CT molecular complexity index is 892. The van der Waals surface area contributed by atoms with Crippen molar-refractivity contribution < 1.29 is 32.1 Å². The molecule has 2 rings (SSSR count). The Kier molecular flexibility index (Phi) is 7.72. The van der Waals surface area contributed by atoms with Crippen LogP contribution in [0.1, 0.15) is 12.5 Å². The Labute approximate surface area is 165 Å². The molecule has 0 heterocycles. The summed E-state index contributed by atoms with van der Waals surface area (Å²) in [6, 6.07) is 7.55. The highest BCUT2D eigenvalue weighted by atomic mass is 19.2. The lowest BCUT2D eigenvalue weighted by Crippen LogP contribution is -3.11. The molecule has 1 unspecified atom stereocenters. The highest BCUT2D eigenvalue weighted by Gasteiger charge is 2.21. The van der Waals surface area contributed by atoms with Crippen LogP contribution in [0.5, 0.6) is 0 Å². The molecule has 0 spiro atoms. The molecule has 0 bridgehead atoms. The van der Waals surface area contributed by atoms with Gasteiger partial charge in [0.1, 0.15) is 5.82 Å². The van der Waals surface area contributed by atoms with Gasteiger partial charge in [-0.2, -0.15) is 0 Å². The van der Waals surface area contributed by atoms with Gasteiger partial charge in [0.15, 0.2) is 30.5 Å². The monoisotopic (exact) mass is 412 g/mol. The van der Waals surface area contributed by atoms with Crippen LogP contribution in [0.2, 0.25) is 0 Å². The third-order valence-electron chi connectivity index (χ3n) is 4.22. The summed E-state index contributed by atoms with van der Waals surface area (Å²) in [5.41, 5.74) is 0.165. The predicted molar refractivity (Wildman–Crippen MR) is 99.1 cm³/mol. The molecule has 0 aliphatic carbocycles. The maximum absolute atomic E-state index is 13.6. The first-order chi connectivity index (χ1) is 13.7. The van der Waals surface area contributed by atoms with Gasteiger partial charge in [0.05, 0.1) is 12.7 Å². The minimum absolute atomic E-state index is 0.0309. The Balaban J connectivity index is 1.91. The summed E-state index contributed by atoms with van der Waals surface area (Å²) in [6.45, 7) is 2.19. The number of likely N-dealkylation sites (N-methyl/N-ethyl adjacent to an activating group) is 2. The Morgan fingerprint density at radius 3 is 2.41 bits per heavy atom. The van der Waals surface area contributed by atoms with E-state index in [0.29, 0.717) is 23.1 Å². The van der Waals surface area contributed by atoms with Crippen LogP contribution in [0.4, 0.5) is 23.2 Å². The van der Waals surface area contributed by atoms with E-state index in [9.17, 15) is 27.2 Å². The van der Waals surface area contributed by atoms with Gasteiger partial charge in [-0.1, -0.05) is 12.1 Å². The second-order valence-electron chi connectivity index (χ2n) is 6.62. The molecule has 1 atom stereocenters. The molecule has 9 heteroatoms. The first kappa shape index (κ1) is 22.4. The van der Waals surface area contributed by atoms with Crippen LogP contribution in [0.15, 0.2) is 36.4 Å². The van der Waals surface area contributed by atoms with Crippen molar-refractivity contribution in [3.63, 3.8) is 0 Å². The van der Waals surface area contributed by atoms with Gasteiger partial charge in [-0.3, -0.25) is 9.59 Å². The fourth-order valence-electron chi connectivity index (χ4n) is 2.76. The van der Waals surface area contributed by atoms with E-state index in [1.165, 1.54) is 17.0 Å². The molecule has 2 aromatic carbocycles. The number of amides is 2. The number of halogens is 4. The van der Waals surface area contributed by atoms with Crippen molar-refractivity contribution in [1.82, 2.24) is 4.90 Å². The lowest BCUT2D eigenvalue weighted by molar-refractivity contribution is -0.862. The van der Waals surface area contributed by atoms with Crippen LogP contribution in [-0.4, -0.2) is 43.4 Å². The normalized spacial score (nSPS) is 11.8. The summed E-state index contributed by atoms with van der Waals surface area (Å²) in [7, 11) is 1.59. The summed E-state index contributed by atoms with van der Waals surface area (Å²) in [4.78, 5) is 26.5. The maximum Gasteiger partial charge on any atom is 0.279 e. The van der Waals surface area contributed by atoms with Crippen molar-refractivity contribution >= 4 is 17.5 Å². The Morgan fingerprint density at radius 1 is 1.03 bits per heavy atom. The number of anilines is 1. The van der Waals surface area contributed by atoms with Gasteiger partial charge >= 0.3 is 0 Å². The van der Waals surface area contributed by atoms with E-state index >= 15 is 0 Å². The summed E-state index contributed by atoms with van der Waals surface area (Å²) in [6.07, 6.45) is 0. The molecule has 29 heavy (non-hydrogen) atoms. The van der Waals surface area contributed by atoms with Crippen LogP contribution in [0.25, 0.3) is 0 Å². The second-order valence-corrected chi connectivity index (χ2v) is 6.62. The van der Waals surface area contributed by atoms with E-state index in [4.69, 9.17) is 0 Å². The molecule has 0 aliphatic heterocycles. The van der Waals surface area contributed by atoms with Crippen LogP contribution in [-0.2, 0) is 16.1 Å². The minimum atomic E-state index is -1.67. The minimum Gasteiger partial charge on any atom is -0.334 e. The zero-order chi connectivity index (χ0) is 21.6. The topological polar surface area (TPSA) is 53.9 Å². The molecule has 0 aromatic heterocycles. The quantitative estimate of drug-likeness (QED) is 0.513. The van der Waals surface area contributed by atoms with Gasteiger partial charge in [0.25, 0.3) is 11.8 Å². The number of rotatable bonds is 8. The van der Waals surface area contributed by atoms with Gasteiger partial charge in [0.2, 0.25) is 0 Å². The number of hydrogen-bond acceptors (Lipinski definition) is 2. The number of nitrogens with one attached hydrogen (secondary N) is 2. The highest BCUT2D eigenvalue weighted by Crippen LogP contribution is 2.19. The van der Waals surface area contributed by atoms with Gasteiger partial charge in [-0.05, 0) is 36.8 Å². The fourth-order valence-corrected chi connectivity index (χ4v) is 2.76. The van der Waals surface area contributed by atoms with Crippen molar-refractivity contribution in [2.45, 2.75) is 13.5 Å². The van der Waals surface area contributed by atoms with Crippen molar-refractivity contribution in [1.29, 1.82) is 0 Å². The van der Waals surface area contributed by atoms with Gasteiger partial charge in [-0.25, -0.2) is 17.6 Å². The summed E-state index contributed by atoms with van der Waals surface area (Å²) in [5, 5.41) is 2.16. The average Bonchev–Trinajstić information content (AvgIpc) is 2.66. The van der Waals surface area contributed by atoms with E-state index in [2.05, 4.69) is 5.32 Å². The standard InChI is InChI=1S/C20H21F4N3O2/c1-3-27(10-13-5-4-6-14(21)9-13)18(29)12-26(2)11-17(28)25-16-8-7-15(22)19(23)20(16)24/h4-9H,3,10-12H2,1-2H3,(H,25,28)/p+1. The van der Waals surface area contributed by atoms with E-state index < -0.39 is 34.9 Å². The Morgan fingerprint density at radius 2 is 1.76 bits per heavy atom. The number of carbonyl (C=O) groups excluding carboxylic acids is 2. The molecule has 2 aromatic rings. The summed E-state index contributed by atoms with van der Waals surface area (Å²) < 4.78 is 53.1. The highest BCUT2D eigenvalue weighted by molar-refractivity contribution is 5.91. The fraction of sp³-hybridized carbons (Fsp3) is 0.300. The number of benzene rings is 2. The first-order valence-corrected chi connectivity index (χ1v) is 8.98. The van der Waals surface area contributed by atoms with Crippen LogP contribution < -0.4 is 10.2 Å². The zero-order valence-corrected chi connectivity index (χ0v) is 16.1. The lowest BCUT2D eigenvalue weighted by atomic mass is 10.2. The van der Waals surface area contributed by atoms with Crippen molar-refractivity contribution in [3.8, 4) is 0 Å². The molecule has 5 nitrogen and oxygen atoms in total. The van der Waals surface area contributed by atoms with Crippen molar-refractivity contribution in [2.75, 3.05) is 32.0 Å². The van der Waals surface area contributed by atoms with Crippen LogP contribution >= 0.6 is 0 Å². The van der Waals surface area contributed by atoms with E-state index in [1.807, 2.05) is 0 Å². The molecular weight excluding hydrogens is 390 g/mol. The smallest absolute Gasteiger partial charge is 0.279 e. The average molecular weight is 412 g/mol. The SMILES string of the molecule is CCN(Cc1cccc(F)c1)C(=O)C[NH+](C)CC(=O)Nc1ccc(F)c(F)c1F. The second kappa shape index (κ2) is 10.0. The number of hydrogen-bond donors (Lipinski definition) is 2. The van der Waals surface area contributed by atoms with Gasteiger partial charge in [-0.15, -0.1) is 0 Å². The van der Waals surface area contributed by atoms with Crippen molar-refractivity contribution in [2.24, 2.45) is 0 Å². The lowest BCUT2D eigenvalue weighted by Gasteiger charge is -2.22. The molecule has 156 valence electrons. The molecule has 0 saturated heterocycles. The van der Waals surface area contributed by atoms with E-state index in [0.717, 1.165) is 6.07 Å². The Hall–Kier alpha value is -2.94. The number of quaternary nitrogens is 1. The predicted octanol–water partition coefficient (Wildman–Crippen LogP) is 1.74. The molecule has 0 aliphatic rings.